The highest BCUT2D eigenvalue weighted by molar-refractivity contribution is 7.80. The van der Waals surface area contributed by atoms with Crippen LogP contribution in [0.3, 0.4) is 0 Å². The summed E-state index contributed by atoms with van der Waals surface area (Å²) in [4.78, 5) is 10.5. The molecule has 1 aromatic carbocycles. The number of thiocarbonyl (C=S) groups is 1. The Morgan fingerprint density at radius 2 is 1.94 bits per heavy atom. The van der Waals surface area contributed by atoms with E-state index in [0.29, 0.717) is 24.8 Å². The highest BCUT2D eigenvalue weighted by atomic mass is 32.1. The molecule has 178 valence electrons. The van der Waals surface area contributed by atoms with Gasteiger partial charge in [-0.1, -0.05) is 24.3 Å². The number of benzene rings is 1. The van der Waals surface area contributed by atoms with E-state index in [0.717, 1.165) is 12.1 Å². The zero-order valence-electron chi connectivity index (χ0n) is 17.4. The van der Waals surface area contributed by atoms with E-state index in [9.17, 15) is 28.2 Å². The Bertz CT molecular complexity index is 802. The Morgan fingerprint density at radius 1 is 1.22 bits per heavy atom. The average Bonchev–Trinajstić information content (AvgIpc) is 2.99. The second-order valence-corrected chi connectivity index (χ2v) is 8.21. The molecule has 4 atom stereocenters. The molecule has 0 bridgehead atoms. The maximum atomic E-state index is 12.8. The molecular formula is C22H28F3NO5S. The van der Waals surface area contributed by atoms with Crippen LogP contribution in [0, 0.1) is 11.8 Å². The molecule has 1 saturated carbocycles. The minimum Gasteiger partial charge on any atom is -0.481 e. The first kappa shape index (κ1) is 26.1. The fourth-order valence-electron chi connectivity index (χ4n) is 3.73. The van der Waals surface area contributed by atoms with E-state index in [2.05, 4.69) is 5.32 Å². The number of allylic oxidation sites excluding steroid dienone is 2. The van der Waals surface area contributed by atoms with Gasteiger partial charge in [-0.15, -0.1) is 0 Å². The van der Waals surface area contributed by atoms with E-state index in [1.165, 1.54) is 6.07 Å². The number of aliphatic carboxylic acids is 1. The lowest BCUT2D eigenvalue weighted by molar-refractivity contribution is -0.138. The van der Waals surface area contributed by atoms with Crippen LogP contribution in [0.25, 0.3) is 0 Å². The fraction of sp³-hybridized carbons (Fsp3) is 0.545. The molecule has 2 rings (SSSR count). The first-order valence-corrected chi connectivity index (χ1v) is 10.8. The van der Waals surface area contributed by atoms with Crippen molar-refractivity contribution in [3.63, 3.8) is 0 Å². The number of aliphatic hydroxyl groups is 2. The van der Waals surface area contributed by atoms with Crippen LogP contribution in [-0.2, 0) is 22.3 Å². The first-order valence-electron chi connectivity index (χ1n) is 10.4. The quantitative estimate of drug-likeness (QED) is 0.233. The number of alkyl halides is 3. The molecule has 0 saturated heterocycles. The van der Waals surface area contributed by atoms with Gasteiger partial charge in [-0.05, 0) is 61.5 Å². The summed E-state index contributed by atoms with van der Waals surface area (Å²) in [5.41, 5.74) is -0.349. The first-order chi connectivity index (χ1) is 15.1. The van der Waals surface area contributed by atoms with E-state index in [-0.39, 0.29) is 43.0 Å². The maximum Gasteiger partial charge on any atom is 0.416 e. The molecule has 0 radical (unpaired) electrons. The van der Waals surface area contributed by atoms with Gasteiger partial charge in [-0.2, -0.15) is 13.2 Å². The summed E-state index contributed by atoms with van der Waals surface area (Å²) in [6, 6.07) is 4.89. The molecule has 6 nitrogen and oxygen atoms in total. The molecule has 1 aromatic rings. The van der Waals surface area contributed by atoms with Crippen molar-refractivity contribution in [2.24, 2.45) is 11.8 Å². The van der Waals surface area contributed by atoms with Crippen molar-refractivity contribution in [3.05, 3.63) is 47.5 Å². The number of unbranched alkanes of at least 4 members (excludes halogenated alkanes) is 1. The Kier molecular flexibility index (Phi) is 9.92. The van der Waals surface area contributed by atoms with E-state index in [4.69, 9.17) is 22.1 Å². The van der Waals surface area contributed by atoms with Crippen LogP contribution in [0.15, 0.2) is 36.4 Å². The number of rotatable bonds is 10. The summed E-state index contributed by atoms with van der Waals surface area (Å²) >= 11 is 5.10. The molecule has 32 heavy (non-hydrogen) atoms. The van der Waals surface area contributed by atoms with Crippen LogP contribution in [0.2, 0.25) is 0 Å². The predicted molar refractivity (Wildman–Crippen MR) is 116 cm³/mol. The Balaban J connectivity index is 1.80. The van der Waals surface area contributed by atoms with Crippen molar-refractivity contribution >= 4 is 23.4 Å². The number of carboxylic acids is 1. The lowest BCUT2D eigenvalue weighted by atomic mass is 9.91. The van der Waals surface area contributed by atoms with Gasteiger partial charge in [-0.25, -0.2) is 0 Å². The van der Waals surface area contributed by atoms with E-state index >= 15 is 0 Å². The summed E-state index contributed by atoms with van der Waals surface area (Å²) in [7, 11) is 0. The van der Waals surface area contributed by atoms with E-state index in [1.54, 1.807) is 6.07 Å². The van der Waals surface area contributed by atoms with Gasteiger partial charge in [0.25, 0.3) is 5.17 Å². The number of carbonyl (C=O) groups is 1. The van der Waals surface area contributed by atoms with Crippen LogP contribution in [0.4, 0.5) is 13.2 Å². The van der Waals surface area contributed by atoms with Crippen molar-refractivity contribution in [2.45, 2.75) is 57.0 Å². The lowest BCUT2D eigenvalue weighted by Gasteiger charge is -2.23. The number of ether oxygens (including phenoxy) is 1. The molecular weight excluding hydrogens is 447 g/mol. The SMILES string of the molecule is O=C(O)CCCC=CC[C@@H]1[C@@H](COC(=S)NCc2cccc(C(F)(F)F)c2)[C@H](O)C[C@@H]1O. The number of aliphatic hydroxyl groups excluding tert-OH is 2. The Morgan fingerprint density at radius 3 is 2.62 bits per heavy atom. The highest BCUT2D eigenvalue weighted by Gasteiger charge is 2.41. The summed E-state index contributed by atoms with van der Waals surface area (Å²) < 4.78 is 43.9. The van der Waals surface area contributed by atoms with Gasteiger partial charge in [0.2, 0.25) is 0 Å². The number of hydrogen-bond acceptors (Lipinski definition) is 5. The molecule has 0 aromatic heterocycles. The van der Waals surface area contributed by atoms with Crippen LogP contribution in [-0.4, -0.2) is 45.3 Å². The van der Waals surface area contributed by atoms with Crippen LogP contribution in [0.1, 0.15) is 43.2 Å². The highest BCUT2D eigenvalue weighted by Crippen LogP contribution is 2.35. The van der Waals surface area contributed by atoms with Gasteiger partial charge < -0.3 is 25.4 Å². The monoisotopic (exact) mass is 475 g/mol. The zero-order chi connectivity index (χ0) is 23.7. The van der Waals surface area contributed by atoms with Crippen molar-refractivity contribution in [3.8, 4) is 0 Å². The predicted octanol–water partition coefficient (Wildman–Crippen LogP) is 3.66. The number of nitrogens with one attached hydrogen (secondary N) is 1. The molecule has 0 amide bonds. The standard InChI is InChI=1S/C22H28F3NO5S/c23-22(24,25)15-7-5-6-14(10-15)12-26-21(32)31-13-17-16(18(27)11-19(17)28)8-3-1-2-4-9-20(29)30/h1,3,5-7,10,16-19,27-28H,2,4,8-9,11-13H2,(H,26,32)(H,29,30)/t16-,17-,18+,19-/m1/s1. The van der Waals surface area contributed by atoms with Crippen molar-refractivity contribution in [1.29, 1.82) is 0 Å². The summed E-state index contributed by atoms with van der Waals surface area (Å²) in [6.45, 7) is 0.116. The number of hydrogen-bond donors (Lipinski definition) is 4. The lowest BCUT2D eigenvalue weighted by Crippen LogP contribution is -2.31. The van der Waals surface area contributed by atoms with Crippen molar-refractivity contribution in [2.75, 3.05) is 6.61 Å². The molecule has 0 heterocycles. The fourth-order valence-corrected chi connectivity index (χ4v) is 3.87. The van der Waals surface area contributed by atoms with Crippen molar-refractivity contribution < 1.29 is 38.0 Å². The van der Waals surface area contributed by atoms with Gasteiger partial charge in [0.1, 0.15) is 0 Å². The molecule has 0 unspecified atom stereocenters. The van der Waals surface area contributed by atoms with Gasteiger partial charge in [0.15, 0.2) is 0 Å². The molecule has 0 spiro atoms. The molecule has 1 aliphatic carbocycles. The van der Waals surface area contributed by atoms with Gasteiger partial charge in [-0.3, -0.25) is 4.79 Å². The van der Waals surface area contributed by atoms with Crippen molar-refractivity contribution in [1.82, 2.24) is 5.32 Å². The van der Waals surface area contributed by atoms with Gasteiger partial charge in [0, 0.05) is 18.9 Å². The molecule has 1 fully saturated rings. The van der Waals surface area contributed by atoms with Crippen LogP contribution in [0.5, 0.6) is 0 Å². The zero-order valence-corrected chi connectivity index (χ0v) is 18.2. The van der Waals surface area contributed by atoms with E-state index in [1.807, 2.05) is 12.2 Å². The van der Waals surface area contributed by atoms with Crippen LogP contribution >= 0.6 is 12.2 Å². The minimum absolute atomic E-state index is 0.000959. The third-order valence-corrected chi connectivity index (χ3v) is 5.72. The molecule has 10 heteroatoms. The molecule has 0 aliphatic heterocycles. The normalized spacial score (nSPS) is 23.4. The van der Waals surface area contributed by atoms with Gasteiger partial charge >= 0.3 is 12.1 Å². The van der Waals surface area contributed by atoms with Crippen LogP contribution < -0.4 is 5.32 Å². The average molecular weight is 476 g/mol. The summed E-state index contributed by atoms with van der Waals surface area (Å²) in [6.07, 6.45) is -0.203. The topological polar surface area (TPSA) is 99.0 Å². The Labute approximate surface area is 190 Å². The minimum atomic E-state index is -4.42. The van der Waals surface area contributed by atoms with Gasteiger partial charge in [0.05, 0.1) is 24.4 Å². The second-order valence-electron chi connectivity index (χ2n) is 7.84. The summed E-state index contributed by atoms with van der Waals surface area (Å²) in [5.74, 6) is -1.45. The second kappa shape index (κ2) is 12.2. The maximum absolute atomic E-state index is 12.8. The Hall–Kier alpha value is -2.17. The largest absolute Gasteiger partial charge is 0.481 e. The summed E-state index contributed by atoms with van der Waals surface area (Å²) in [5, 5.41) is 31.9. The number of carboxylic acid groups (broad SMARTS) is 1. The van der Waals surface area contributed by atoms with E-state index < -0.39 is 29.9 Å². The smallest absolute Gasteiger partial charge is 0.416 e. The third kappa shape index (κ3) is 8.40. The number of halogens is 3. The molecule has 1 aliphatic rings. The molecule has 4 N–H and O–H groups in total. The third-order valence-electron chi connectivity index (χ3n) is 5.46.